The van der Waals surface area contributed by atoms with Crippen LogP contribution < -0.4 is 24.4 Å². The van der Waals surface area contributed by atoms with Crippen LogP contribution in [0.3, 0.4) is 0 Å². The second-order valence-electron chi connectivity index (χ2n) is 8.18. The molecule has 0 N–H and O–H groups in total. The Labute approximate surface area is 221 Å². The molecule has 0 bridgehead atoms. The Bertz CT molecular complexity index is 1520. The van der Waals surface area contributed by atoms with Gasteiger partial charge in [0.15, 0.2) is 16.3 Å². The van der Waals surface area contributed by atoms with Gasteiger partial charge in [-0.3, -0.25) is 9.36 Å². The normalized spacial score (nSPS) is 15.4. The lowest BCUT2D eigenvalue weighted by molar-refractivity contribution is -0.139. The van der Waals surface area contributed by atoms with E-state index in [-0.39, 0.29) is 12.2 Å². The van der Waals surface area contributed by atoms with E-state index in [1.807, 2.05) is 50.2 Å². The van der Waals surface area contributed by atoms with Gasteiger partial charge in [0.05, 0.1) is 46.6 Å². The Morgan fingerprint density at radius 2 is 1.89 bits per heavy atom. The summed E-state index contributed by atoms with van der Waals surface area (Å²) in [6.07, 6.45) is 1.79. The number of allylic oxidation sites excluding steroid dienone is 1. The molecule has 0 spiro atoms. The predicted octanol–water partition coefficient (Wildman–Crippen LogP) is 4.28. The molecule has 2 aromatic carbocycles. The summed E-state index contributed by atoms with van der Waals surface area (Å²) in [5.41, 5.74) is 3.33. The first-order chi connectivity index (χ1) is 17.3. The van der Waals surface area contributed by atoms with Gasteiger partial charge >= 0.3 is 5.97 Å². The number of halogens is 1. The summed E-state index contributed by atoms with van der Waals surface area (Å²) in [5.74, 6) is 0.690. The number of ether oxygens (including phenoxy) is 3. The van der Waals surface area contributed by atoms with E-state index in [1.165, 1.54) is 11.3 Å². The van der Waals surface area contributed by atoms with Crippen molar-refractivity contribution in [2.45, 2.75) is 33.7 Å². The molecule has 0 aliphatic carbocycles. The summed E-state index contributed by atoms with van der Waals surface area (Å²) in [6.45, 7) is 8.15. The molecular weight excluding hydrogens is 544 g/mol. The highest BCUT2D eigenvalue weighted by Crippen LogP contribution is 2.37. The molecule has 7 nitrogen and oxygen atoms in total. The summed E-state index contributed by atoms with van der Waals surface area (Å²) in [4.78, 5) is 31.9. The maximum absolute atomic E-state index is 13.7. The molecule has 0 fully saturated rings. The zero-order valence-electron chi connectivity index (χ0n) is 20.8. The van der Waals surface area contributed by atoms with Crippen LogP contribution in [0.4, 0.5) is 0 Å². The van der Waals surface area contributed by atoms with E-state index >= 15 is 0 Å². The highest BCUT2D eigenvalue weighted by atomic mass is 79.9. The summed E-state index contributed by atoms with van der Waals surface area (Å²) < 4.78 is 19.3. The molecule has 4 rings (SSSR count). The number of fused-ring (bicyclic) bond motifs is 1. The first kappa shape index (κ1) is 25.9. The molecule has 0 saturated carbocycles. The molecular formula is C27H27BrN2O5S. The molecule has 2 heterocycles. The predicted molar refractivity (Wildman–Crippen MR) is 143 cm³/mol. The molecule has 1 aliphatic rings. The van der Waals surface area contributed by atoms with Crippen molar-refractivity contribution in [2.75, 3.05) is 20.3 Å². The molecule has 0 amide bonds. The zero-order valence-corrected chi connectivity index (χ0v) is 23.2. The fourth-order valence-electron chi connectivity index (χ4n) is 4.11. The van der Waals surface area contributed by atoms with Crippen molar-refractivity contribution in [1.29, 1.82) is 0 Å². The number of carbonyl (C=O) groups is 1. The van der Waals surface area contributed by atoms with E-state index in [4.69, 9.17) is 14.2 Å². The molecule has 1 aliphatic heterocycles. The number of aryl methyl sites for hydroxylation is 1. The quantitative estimate of drug-likeness (QED) is 0.396. The number of benzene rings is 2. The lowest BCUT2D eigenvalue weighted by atomic mass is 9.95. The van der Waals surface area contributed by atoms with Crippen molar-refractivity contribution in [3.63, 3.8) is 0 Å². The maximum atomic E-state index is 13.7. The highest BCUT2D eigenvalue weighted by Gasteiger charge is 2.33. The number of hydrogen-bond donors (Lipinski definition) is 0. The summed E-state index contributed by atoms with van der Waals surface area (Å²) >= 11 is 4.82. The second kappa shape index (κ2) is 10.8. The third kappa shape index (κ3) is 4.90. The summed E-state index contributed by atoms with van der Waals surface area (Å²) in [6, 6.07) is 10.9. The molecule has 0 radical (unpaired) electrons. The van der Waals surface area contributed by atoms with Gasteiger partial charge in [-0.05, 0) is 73.0 Å². The lowest BCUT2D eigenvalue weighted by Gasteiger charge is -2.24. The molecule has 1 atom stereocenters. The molecule has 0 unspecified atom stereocenters. The summed E-state index contributed by atoms with van der Waals surface area (Å²) in [7, 11) is 1.57. The van der Waals surface area contributed by atoms with E-state index < -0.39 is 12.0 Å². The number of nitrogens with zero attached hydrogens (tertiary/aromatic N) is 2. The van der Waals surface area contributed by atoms with E-state index in [9.17, 15) is 9.59 Å². The number of rotatable bonds is 7. The minimum absolute atomic E-state index is 0.231. The van der Waals surface area contributed by atoms with Crippen molar-refractivity contribution in [2.24, 2.45) is 4.99 Å². The fraction of sp³-hybridized carbons (Fsp3) is 0.296. The number of esters is 1. The molecule has 1 aromatic heterocycles. The molecule has 0 saturated heterocycles. The first-order valence-corrected chi connectivity index (χ1v) is 13.2. The van der Waals surface area contributed by atoms with Gasteiger partial charge in [-0.25, -0.2) is 9.79 Å². The zero-order chi connectivity index (χ0) is 26.0. The van der Waals surface area contributed by atoms with Crippen molar-refractivity contribution < 1.29 is 19.0 Å². The van der Waals surface area contributed by atoms with Crippen LogP contribution >= 0.6 is 27.3 Å². The SMILES string of the molecule is CCOC(=O)C1=C(C)N=c2s/c(=C/c3cc(Br)c(OCC)c(OC)c3)c(=O)n2[C@@H]1c1ccc(C)cc1. The molecule has 36 heavy (non-hydrogen) atoms. The standard InChI is InChI=1S/C27H27BrN2O5S/c1-6-34-24-19(28)12-17(13-20(24)33-5)14-21-25(31)30-23(18-10-8-15(3)9-11-18)22(26(32)35-7-2)16(4)29-27(30)36-21/h8-14,23H,6-7H2,1-5H3/b21-14+/t23-/m1/s1. The second-order valence-corrected chi connectivity index (χ2v) is 10.0. The van der Waals surface area contributed by atoms with E-state index in [0.717, 1.165) is 21.2 Å². The van der Waals surface area contributed by atoms with Gasteiger partial charge < -0.3 is 14.2 Å². The summed E-state index contributed by atoms with van der Waals surface area (Å²) in [5, 5.41) is 0. The van der Waals surface area contributed by atoms with Gasteiger partial charge in [0.25, 0.3) is 5.56 Å². The van der Waals surface area contributed by atoms with Gasteiger partial charge in [0.2, 0.25) is 0 Å². The third-order valence-electron chi connectivity index (χ3n) is 5.75. The average molecular weight is 571 g/mol. The van der Waals surface area contributed by atoms with E-state index in [0.29, 0.717) is 38.7 Å². The number of carbonyl (C=O) groups excluding carboxylic acids is 1. The minimum atomic E-state index is -0.635. The minimum Gasteiger partial charge on any atom is -0.493 e. The van der Waals surface area contributed by atoms with Crippen molar-refractivity contribution in [1.82, 2.24) is 4.57 Å². The van der Waals surface area contributed by atoms with Gasteiger partial charge in [-0.2, -0.15) is 0 Å². The van der Waals surface area contributed by atoms with Gasteiger partial charge in [-0.1, -0.05) is 41.2 Å². The number of thiazole rings is 1. The topological polar surface area (TPSA) is 79.1 Å². The smallest absolute Gasteiger partial charge is 0.338 e. The van der Waals surface area contributed by atoms with Crippen LogP contribution in [-0.4, -0.2) is 30.9 Å². The largest absolute Gasteiger partial charge is 0.493 e. The van der Waals surface area contributed by atoms with Crippen molar-refractivity contribution in [3.05, 3.63) is 88.5 Å². The Kier molecular flexibility index (Phi) is 7.80. The van der Waals surface area contributed by atoms with Crippen LogP contribution in [0.5, 0.6) is 11.5 Å². The maximum Gasteiger partial charge on any atom is 0.338 e. The molecule has 9 heteroatoms. The van der Waals surface area contributed by atoms with Gasteiger partial charge in [-0.15, -0.1) is 0 Å². The monoisotopic (exact) mass is 570 g/mol. The van der Waals surface area contributed by atoms with Crippen LogP contribution in [-0.2, 0) is 9.53 Å². The van der Waals surface area contributed by atoms with Crippen molar-refractivity contribution in [3.8, 4) is 11.5 Å². The van der Waals surface area contributed by atoms with Crippen molar-refractivity contribution >= 4 is 39.3 Å². The van der Waals surface area contributed by atoms with E-state index in [1.54, 1.807) is 31.6 Å². The van der Waals surface area contributed by atoms with Crippen LogP contribution in [0.25, 0.3) is 6.08 Å². The Hall–Kier alpha value is -3.17. The van der Waals surface area contributed by atoms with Gasteiger partial charge in [0.1, 0.15) is 0 Å². The van der Waals surface area contributed by atoms with Crippen LogP contribution in [0, 0.1) is 6.92 Å². The first-order valence-electron chi connectivity index (χ1n) is 11.6. The highest BCUT2D eigenvalue weighted by molar-refractivity contribution is 9.10. The Balaban J connectivity index is 1.92. The third-order valence-corrected chi connectivity index (χ3v) is 7.32. The number of aromatic nitrogens is 1. The van der Waals surface area contributed by atoms with Crippen LogP contribution in [0.15, 0.2) is 61.9 Å². The molecule has 188 valence electrons. The van der Waals surface area contributed by atoms with Crippen LogP contribution in [0.2, 0.25) is 0 Å². The number of hydrogen-bond acceptors (Lipinski definition) is 7. The Morgan fingerprint density at radius 3 is 2.53 bits per heavy atom. The molecule has 3 aromatic rings. The Morgan fingerprint density at radius 1 is 1.17 bits per heavy atom. The van der Waals surface area contributed by atoms with Crippen LogP contribution in [0.1, 0.15) is 43.5 Å². The van der Waals surface area contributed by atoms with Gasteiger partial charge in [0, 0.05) is 0 Å². The van der Waals surface area contributed by atoms with E-state index in [2.05, 4.69) is 20.9 Å². The number of methoxy groups -OCH3 is 1. The average Bonchev–Trinajstić information content (AvgIpc) is 3.14. The fourth-order valence-corrected chi connectivity index (χ4v) is 5.74. The lowest BCUT2D eigenvalue weighted by Crippen LogP contribution is -2.39.